The minimum absolute atomic E-state index is 0.158. The number of thiophene rings is 1. The van der Waals surface area contributed by atoms with Gasteiger partial charge in [-0.15, -0.1) is 11.3 Å². The number of carbonyl (C=O) groups is 1. The molecule has 0 aliphatic rings. The Balaban J connectivity index is 1.83. The Hall–Kier alpha value is -1.53. The van der Waals surface area contributed by atoms with Gasteiger partial charge in [-0.1, -0.05) is 6.07 Å². The van der Waals surface area contributed by atoms with Gasteiger partial charge in [0.15, 0.2) is 0 Å². The average Bonchev–Trinajstić information content (AvgIpc) is 2.76. The molecule has 0 aliphatic heterocycles. The zero-order valence-electron chi connectivity index (χ0n) is 9.34. The van der Waals surface area contributed by atoms with Gasteiger partial charge in [-0.3, -0.25) is 9.78 Å². The highest BCUT2D eigenvalue weighted by Gasteiger charge is 2.01. The Bertz CT molecular complexity index is 553. The summed E-state index contributed by atoms with van der Waals surface area (Å²) in [5.74, 6) is -0.158. The predicted molar refractivity (Wildman–Crippen MR) is 75.7 cm³/mol. The molecule has 1 N–H and O–H groups in total. The minimum atomic E-state index is -0.158. The molecule has 2 aromatic heterocycles. The molecule has 2 aromatic rings. The third-order valence-electron chi connectivity index (χ3n) is 2.06. The average molecular weight is 324 g/mol. The number of halogens is 1. The number of carbonyl (C=O) groups excluding carboxylic acids is 1. The minimum Gasteiger partial charge on any atom is -0.273 e. The van der Waals surface area contributed by atoms with Gasteiger partial charge in [0.25, 0.3) is 0 Å². The molecule has 1 amide bonds. The molecule has 6 heteroatoms. The van der Waals surface area contributed by atoms with E-state index < -0.39 is 0 Å². The van der Waals surface area contributed by atoms with Crippen LogP contribution in [0.25, 0.3) is 0 Å². The van der Waals surface area contributed by atoms with Gasteiger partial charge in [-0.05, 0) is 33.6 Å². The first-order chi connectivity index (χ1) is 8.74. The molecule has 0 unspecified atom stereocenters. The standard InChI is InChI=1S/C12H10BrN3OS/c13-10-5-11(18-8-10)7-15-16-12(17)4-9-2-1-3-14-6-9/h1-3,5-8H,4H2,(H,16,17)/b15-7+. The Morgan fingerprint density at radius 2 is 2.50 bits per heavy atom. The fourth-order valence-corrected chi connectivity index (χ4v) is 2.60. The van der Waals surface area contributed by atoms with Crippen molar-refractivity contribution in [3.63, 3.8) is 0 Å². The lowest BCUT2D eigenvalue weighted by Gasteiger charge is -1.98. The SMILES string of the molecule is O=C(Cc1cccnc1)N/N=C/c1cc(Br)cs1. The summed E-state index contributed by atoms with van der Waals surface area (Å²) in [5.41, 5.74) is 3.35. The van der Waals surface area contributed by atoms with E-state index in [4.69, 9.17) is 0 Å². The Morgan fingerprint density at radius 1 is 1.61 bits per heavy atom. The van der Waals surface area contributed by atoms with Crippen LogP contribution in [-0.4, -0.2) is 17.1 Å². The molecule has 0 aliphatic carbocycles. The summed E-state index contributed by atoms with van der Waals surface area (Å²) in [7, 11) is 0. The first kappa shape index (κ1) is 12.9. The van der Waals surface area contributed by atoms with Crippen molar-refractivity contribution in [1.29, 1.82) is 0 Å². The van der Waals surface area contributed by atoms with Crippen molar-refractivity contribution in [1.82, 2.24) is 10.4 Å². The van der Waals surface area contributed by atoms with Crippen LogP contribution in [0.2, 0.25) is 0 Å². The summed E-state index contributed by atoms with van der Waals surface area (Å²) in [6, 6.07) is 5.59. The summed E-state index contributed by atoms with van der Waals surface area (Å²) in [5, 5.41) is 5.85. The van der Waals surface area contributed by atoms with Crippen molar-refractivity contribution in [2.45, 2.75) is 6.42 Å². The monoisotopic (exact) mass is 323 g/mol. The molecule has 18 heavy (non-hydrogen) atoms. The highest BCUT2D eigenvalue weighted by molar-refractivity contribution is 9.10. The molecular formula is C12H10BrN3OS. The Kier molecular flexibility index (Phi) is 4.60. The topological polar surface area (TPSA) is 54.4 Å². The third-order valence-corrected chi connectivity index (χ3v) is 3.68. The molecule has 0 saturated heterocycles. The second kappa shape index (κ2) is 6.42. The lowest BCUT2D eigenvalue weighted by atomic mass is 10.2. The van der Waals surface area contributed by atoms with E-state index in [2.05, 4.69) is 31.4 Å². The lowest BCUT2D eigenvalue weighted by Crippen LogP contribution is -2.19. The zero-order valence-corrected chi connectivity index (χ0v) is 11.7. The van der Waals surface area contributed by atoms with Crippen LogP contribution in [0.1, 0.15) is 10.4 Å². The van der Waals surface area contributed by atoms with Crippen LogP contribution in [0.5, 0.6) is 0 Å². The highest BCUT2D eigenvalue weighted by atomic mass is 79.9. The van der Waals surface area contributed by atoms with Crippen LogP contribution in [0, 0.1) is 0 Å². The molecule has 0 saturated carbocycles. The molecule has 4 nitrogen and oxygen atoms in total. The molecule has 0 spiro atoms. The van der Waals surface area contributed by atoms with Crippen LogP contribution in [0.15, 0.2) is 45.5 Å². The van der Waals surface area contributed by atoms with Crippen LogP contribution >= 0.6 is 27.3 Å². The number of pyridine rings is 1. The number of hydrogen-bond donors (Lipinski definition) is 1. The molecular weight excluding hydrogens is 314 g/mol. The predicted octanol–water partition coefficient (Wildman–Crippen LogP) is 2.60. The fourth-order valence-electron chi connectivity index (χ4n) is 1.29. The van der Waals surface area contributed by atoms with E-state index in [1.165, 1.54) is 0 Å². The number of amides is 1. The Morgan fingerprint density at radius 3 is 3.17 bits per heavy atom. The van der Waals surface area contributed by atoms with Gasteiger partial charge >= 0.3 is 0 Å². The van der Waals surface area contributed by atoms with E-state index in [1.54, 1.807) is 36.0 Å². The summed E-state index contributed by atoms with van der Waals surface area (Å²) in [6.07, 6.45) is 5.24. The fraction of sp³-hybridized carbons (Fsp3) is 0.0833. The molecule has 0 bridgehead atoms. The van der Waals surface area contributed by atoms with E-state index in [-0.39, 0.29) is 12.3 Å². The van der Waals surface area contributed by atoms with Crippen molar-refractivity contribution in [3.05, 3.63) is 50.9 Å². The highest BCUT2D eigenvalue weighted by Crippen LogP contribution is 2.17. The van der Waals surface area contributed by atoms with E-state index in [0.29, 0.717) is 0 Å². The van der Waals surface area contributed by atoms with E-state index in [9.17, 15) is 4.79 Å². The number of hydrazone groups is 1. The van der Waals surface area contributed by atoms with Gasteiger partial charge in [0, 0.05) is 27.1 Å². The zero-order chi connectivity index (χ0) is 12.8. The van der Waals surface area contributed by atoms with Crippen LogP contribution < -0.4 is 5.43 Å². The molecule has 2 rings (SSSR count). The summed E-state index contributed by atoms with van der Waals surface area (Å²) in [6.45, 7) is 0. The maximum Gasteiger partial charge on any atom is 0.244 e. The Labute approximate surface area is 117 Å². The smallest absolute Gasteiger partial charge is 0.244 e. The largest absolute Gasteiger partial charge is 0.273 e. The van der Waals surface area contributed by atoms with Crippen LogP contribution in [0.4, 0.5) is 0 Å². The van der Waals surface area contributed by atoms with Crippen molar-refractivity contribution >= 4 is 39.4 Å². The number of aromatic nitrogens is 1. The number of rotatable bonds is 4. The molecule has 0 fully saturated rings. The van der Waals surface area contributed by atoms with Crippen LogP contribution in [-0.2, 0) is 11.2 Å². The van der Waals surface area contributed by atoms with E-state index >= 15 is 0 Å². The van der Waals surface area contributed by atoms with Crippen molar-refractivity contribution in [2.24, 2.45) is 5.10 Å². The second-order valence-corrected chi connectivity index (χ2v) is 5.36. The first-order valence-electron chi connectivity index (χ1n) is 5.19. The van der Waals surface area contributed by atoms with Gasteiger partial charge in [0.2, 0.25) is 5.91 Å². The summed E-state index contributed by atoms with van der Waals surface area (Å²) >= 11 is 4.90. The molecule has 2 heterocycles. The normalized spacial score (nSPS) is 10.7. The third kappa shape index (κ3) is 4.05. The first-order valence-corrected chi connectivity index (χ1v) is 6.86. The van der Waals surface area contributed by atoms with Gasteiger partial charge in [0.1, 0.15) is 0 Å². The summed E-state index contributed by atoms with van der Waals surface area (Å²) < 4.78 is 1.01. The van der Waals surface area contributed by atoms with Crippen molar-refractivity contribution < 1.29 is 4.79 Å². The second-order valence-electron chi connectivity index (χ2n) is 3.50. The van der Waals surface area contributed by atoms with E-state index in [1.807, 2.05) is 17.5 Å². The quantitative estimate of drug-likeness (QED) is 0.694. The maximum atomic E-state index is 11.5. The van der Waals surface area contributed by atoms with E-state index in [0.717, 1.165) is 14.9 Å². The molecule has 0 atom stereocenters. The van der Waals surface area contributed by atoms with Gasteiger partial charge in [0.05, 0.1) is 12.6 Å². The van der Waals surface area contributed by atoms with Crippen molar-refractivity contribution in [2.75, 3.05) is 0 Å². The maximum absolute atomic E-state index is 11.5. The number of nitrogens with one attached hydrogen (secondary N) is 1. The molecule has 92 valence electrons. The lowest BCUT2D eigenvalue weighted by molar-refractivity contribution is -0.120. The molecule has 0 radical (unpaired) electrons. The van der Waals surface area contributed by atoms with Gasteiger partial charge in [-0.25, -0.2) is 5.43 Å². The number of nitrogens with zero attached hydrogens (tertiary/aromatic N) is 2. The summed E-state index contributed by atoms with van der Waals surface area (Å²) in [4.78, 5) is 16.5. The van der Waals surface area contributed by atoms with Gasteiger partial charge < -0.3 is 0 Å². The van der Waals surface area contributed by atoms with Crippen LogP contribution in [0.3, 0.4) is 0 Å². The number of hydrogen-bond acceptors (Lipinski definition) is 4. The van der Waals surface area contributed by atoms with Crippen molar-refractivity contribution in [3.8, 4) is 0 Å². The molecule has 0 aromatic carbocycles. The van der Waals surface area contributed by atoms with Gasteiger partial charge in [-0.2, -0.15) is 5.10 Å².